The molecule has 2 heterocycles. The molecule has 0 aromatic carbocycles. The highest BCUT2D eigenvalue weighted by Crippen LogP contribution is 2.37. The Balaban J connectivity index is 2.44. The summed E-state index contributed by atoms with van der Waals surface area (Å²) in [6, 6.07) is 2.39. The summed E-state index contributed by atoms with van der Waals surface area (Å²) in [6.07, 6.45) is 0.162. The van der Waals surface area contributed by atoms with E-state index in [9.17, 15) is 18.3 Å². The van der Waals surface area contributed by atoms with Crippen molar-refractivity contribution < 1.29 is 18.3 Å². The first-order valence-electron chi connectivity index (χ1n) is 7.58. The molecule has 0 aliphatic heterocycles. The third kappa shape index (κ3) is 3.43. The van der Waals surface area contributed by atoms with Crippen LogP contribution in [0.1, 0.15) is 56.9 Å². The lowest BCUT2D eigenvalue weighted by Gasteiger charge is -2.23. The highest BCUT2D eigenvalue weighted by Gasteiger charge is 2.36. The quantitative estimate of drug-likeness (QED) is 0.846. The molecular formula is C16H21F3N2O. The number of hydrogen-bond donors (Lipinski definition) is 1. The van der Waals surface area contributed by atoms with Crippen molar-refractivity contribution in [2.45, 2.75) is 51.8 Å². The molecule has 0 aliphatic carbocycles. The molecule has 2 aromatic rings. The molecule has 0 spiro atoms. The maximum Gasteiger partial charge on any atom is 0.418 e. The lowest BCUT2D eigenvalue weighted by atomic mass is 9.91. The summed E-state index contributed by atoms with van der Waals surface area (Å²) in [4.78, 5) is 3.89. The molecule has 2 rings (SSSR count). The van der Waals surface area contributed by atoms with Gasteiger partial charge in [0.15, 0.2) is 0 Å². The van der Waals surface area contributed by atoms with Gasteiger partial charge < -0.3 is 9.51 Å². The molecule has 122 valence electrons. The van der Waals surface area contributed by atoms with Gasteiger partial charge in [-0.2, -0.15) is 13.2 Å². The van der Waals surface area contributed by atoms with Gasteiger partial charge >= 0.3 is 6.18 Å². The predicted octanol–water partition coefficient (Wildman–Crippen LogP) is 4.60. The summed E-state index contributed by atoms with van der Waals surface area (Å²) in [6.45, 7) is 4.03. The first-order valence-corrected chi connectivity index (χ1v) is 7.58. The summed E-state index contributed by atoms with van der Waals surface area (Å²) in [5.74, 6) is 0.208. The van der Waals surface area contributed by atoms with E-state index in [4.69, 9.17) is 0 Å². The van der Waals surface area contributed by atoms with Crippen LogP contribution in [0.4, 0.5) is 13.2 Å². The minimum atomic E-state index is -4.50. The minimum Gasteiger partial charge on any atom is -0.387 e. The van der Waals surface area contributed by atoms with Crippen molar-refractivity contribution in [2.24, 2.45) is 5.92 Å². The Morgan fingerprint density at radius 1 is 1.27 bits per heavy atom. The van der Waals surface area contributed by atoms with E-state index >= 15 is 0 Å². The van der Waals surface area contributed by atoms with Crippen LogP contribution in [0.2, 0.25) is 0 Å². The Bertz CT molecular complexity index is 621. The van der Waals surface area contributed by atoms with Gasteiger partial charge in [0.05, 0.1) is 35.4 Å². The Labute approximate surface area is 127 Å². The summed E-state index contributed by atoms with van der Waals surface area (Å²) in [5.41, 5.74) is -0.362. The first kappa shape index (κ1) is 16.8. The Kier molecular flexibility index (Phi) is 5.11. The van der Waals surface area contributed by atoms with Crippen molar-refractivity contribution in [2.75, 3.05) is 0 Å². The second kappa shape index (κ2) is 6.69. The molecule has 2 atom stereocenters. The number of rotatable bonds is 6. The molecule has 0 saturated heterocycles. The number of aliphatic hydroxyl groups is 1. The lowest BCUT2D eigenvalue weighted by Crippen LogP contribution is -2.18. The van der Waals surface area contributed by atoms with E-state index in [1.54, 1.807) is 0 Å². The highest BCUT2D eigenvalue weighted by atomic mass is 19.4. The van der Waals surface area contributed by atoms with E-state index in [0.29, 0.717) is 11.9 Å². The van der Waals surface area contributed by atoms with Crippen LogP contribution in [0, 0.1) is 5.92 Å². The summed E-state index contributed by atoms with van der Waals surface area (Å²) < 4.78 is 41.1. The van der Waals surface area contributed by atoms with E-state index in [2.05, 4.69) is 4.98 Å². The molecule has 0 fully saturated rings. The van der Waals surface area contributed by atoms with Crippen molar-refractivity contribution in [3.63, 3.8) is 0 Å². The molecule has 0 saturated carbocycles. The molecule has 2 aromatic heterocycles. The molecule has 22 heavy (non-hydrogen) atoms. The molecule has 1 N–H and O–H groups in total. The van der Waals surface area contributed by atoms with Crippen LogP contribution >= 0.6 is 0 Å². The average molecular weight is 314 g/mol. The SMILES string of the molecule is CCCC(CC)CC(O)c1c(C(F)(F)F)ccc2cncn12. The molecule has 0 amide bonds. The summed E-state index contributed by atoms with van der Waals surface area (Å²) in [7, 11) is 0. The van der Waals surface area contributed by atoms with Gasteiger partial charge in [-0.1, -0.05) is 33.1 Å². The standard InChI is InChI=1S/C16H21F3N2O/c1-3-5-11(4-2)8-14(22)15-13(16(17,18)19)7-6-12-9-20-10-21(12)15/h6-7,9-11,14,22H,3-5,8H2,1-2H3. The molecule has 3 nitrogen and oxygen atoms in total. The molecule has 0 aliphatic rings. The number of aromatic nitrogens is 2. The second-order valence-electron chi connectivity index (χ2n) is 5.63. The Morgan fingerprint density at radius 2 is 2.00 bits per heavy atom. The zero-order valence-corrected chi connectivity index (χ0v) is 12.8. The van der Waals surface area contributed by atoms with Gasteiger partial charge in [0, 0.05) is 0 Å². The summed E-state index contributed by atoms with van der Waals surface area (Å²) in [5, 5.41) is 10.5. The number of hydrogen-bond acceptors (Lipinski definition) is 2. The number of aliphatic hydroxyl groups excluding tert-OH is 1. The molecule has 0 bridgehead atoms. The van der Waals surface area contributed by atoms with Gasteiger partial charge in [0.1, 0.15) is 0 Å². The van der Waals surface area contributed by atoms with Crippen molar-refractivity contribution in [3.05, 3.63) is 35.9 Å². The largest absolute Gasteiger partial charge is 0.418 e. The van der Waals surface area contributed by atoms with E-state index in [1.807, 2.05) is 13.8 Å². The average Bonchev–Trinajstić information content (AvgIpc) is 2.92. The van der Waals surface area contributed by atoms with Crippen LogP contribution in [-0.2, 0) is 6.18 Å². The topological polar surface area (TPSA) is 37.5 Å². The van der Waals surface area contributed by atoms with Gasteiger partial charge in [0.2, 0.25) is 0 Å². The zero-order chi connectivity index (χ0) is 16.3. The van der Waals surface area contributed by atoms with E-state index in [0.717, 1.165) is 25.3 Å². The minimum absolute atomic E-state index is 0.114. The zero-order valence-electron chi connectivity index (χ0n) is 12.8. The van der Waals surface area contributed by atoms with E-state index < -0.39 is 17.8 Å². The normalized spacial score (nSPS) is 15.2. The molecule has 6 heteroatoms. The third-order valence-corrected chi connectivity index (χ3v) is 4.08. The highest BCUT2D eigenvalue weighted by molar-refractivity contribution is 5.49. The Hall–Kier alpha value is -1.56. The number of imidazole rings is 1. The number of halogens is 3. The van der Waals surface area contributed by atoms with Gasteiger partial charge in [-0.05, 0) is 24.5 Å². The maximum absolute atomic E-state index is 13.3. The monoisotopic (exact) mass is 314 g/mol. The van der Waals surface area contributed by atoms with Crippen molar-refractivity contribution in [3.8, 4) is 0 Å². The lowest BCUT2D eigenvalue weighted by molar-refractivity contribution is -0.139. The van der Waals surface area contributed by atoms with Gasteiger partial charge in [-0.25, -0.2) is 4.98 Å². The predicted molar refractivity (Wildman–Crippen MR) is 78.5 cm³/mol. The van der Waals surface area contributed by atoms with Gasteiger partial charge in [-0.15, -0.1) is 0 Å². The number of pyridine rings is 1. The van der Waals surface area contributed by atoms with Crippen LogP contribution in [0.25, 0.3) is 5.52 Å². The third-order valence-electron chi connectivity index (χ3n) is 4.08. The number of nitrogens with zero attached hydrogens (tertiary/aromatic N) is 2. The summed E-state index contributed by atoms with van der Waals surface area (Å²) >= 11 is 0. The van der Waals surface area contributed by atoms with Crippen molar-refractivity contribution >= 4 is 5.52 Å². The number of fused-ring (bicyclic) bond motifs is 1. The maximum atomic E-state index is 13.3. The van der Waals surface area contributed by atoms with Crippen LogP contribution in [-0.4, -0.2) is 14.5 Å². The van der Waals surface area contributed by atoms with E-state index in [1.165, 1.54) is 23.0 Å². The van der Waals surface area contributed by atoms with Crippen LogP contribution in [0.15, 0.2) is 24.7 Å². The van der Waals surface area contributed by atoms with E-state index in [-0.39, 0.29) is 11.6 Å². The van der Waals surface area contributed by atoms with Crippen LogP contribution in [0.3, 0.4) is 0 Å². The fraction of sp³-hybridized carbons (Fsp3) is 0.562. The van der Waals surface area contributed by atoms with Gasteiger partial charge in [0.25, 0.3) is 0 Å². The first-order chi connectivity index (χ1) is 10.4. The molecule has 0 radical (unpaired) electrons. The fourth-order valence-corrected chi connectivity index (χ4v) is 2.92. The number of alkyl halides is 3. The molecule has 2 unspecified atom stereocenters. The molecular weight excluding hydrogens is 293 g/mol. The smallest absolute Gasteiger partial charge is 0.387 e. The second-order valence-corrected chi connectivity index (χ2v) is 5.63. The van der Waals surface area contributed by atoms with Gasteiger partial charge in [-0.3, -0.25) is 0 Å². The van der Waals surface area contributed by atoms with Crippen LogP contribution < -0.4 is 0 Å². The van der Waals surface area contributed by atoms with Crippen molar-refractivity contribution in [1.82, 2.24) is 9.38 Å². The van der Waals surface area contributed by atoms with Crippen molar-refractivity contribution in [1.29, 1.82) is 0 Å². The Morgan fingerprint density at radius 3 is 2.59 bits per heavy atom. The fourth-order valence-electron chi connectivity index (χ4n) is 2.92. The van der Waals surface area contributed by atoms with Crippen LogP contribution in [0.5, 0.6) is 0 Å².